The van der Waals surface area contributed by atoms with Gasteiger partial charge in [-0.1, -0.05) is 45.8 Å². The minimum atomic E-state index is 0.306. The van der Waals surface area contributed by atoms with Crippen molar-refractivity contribution in [2.45, 2.75) is 53.0 Å². The highest BCUT2D eigenvalue weighted by Gasteiger charge is 2.22. The molecule has 0 amide bonds. The average Bonchev–Trinajstić information content (AvgIpc) is 2.14. The number of hydrogen-bond donors (Lipinski definition) is 1. The van der Waals surface area contributed by atoms with E-state index in [4.69, 9.17) is 5.73 Å². The summed E-state index contributed by atoms with van der Waals surface area (Å²) in [5.74, 6) is 2.28. The highest BCUT2D eigenvalue weighted by Crippen LogP contribution is 2.32. The minimum Gasteiger partial charge on any atom is -0.324 e. The molecule has 1 rings (SSSR count). The summed E-state index contributed by atoms with van der Waals surface area (Å²) in [6.45, 7) is 9.28. The summed E-state index contributed by atoms with van der Waals surface area (Å²) < 4.78 is 0. The third kappa shape index (κ3) is 2.84. The van der Waals surface area contributed by atoms with E-state index in [0.29, 0.717) is 12.0 Å². The lowest BCUT2D eigenvalue weighted by Gasteiger charge is -2.30. The Morgan fingerprint density at radius 1 is 1.50 bits per heavy atom. The van der Waals surface area contributed by atoms with Gasteiger partial charge in [-0.25, -0.2) is 0 Å². The molecule has 2 N–H and O–H groups in total. The van der Waals surface area contributed by atoms with Crippen LogP contribution < -0.4 is 5.73 Å². The molecule has 1 aliphatic carbocycles. The van der Waals surface area contributed by atoms with Gasteiger partial charge >= 0.3 is 0 Å². The Labute approximate surface area is 88.8 Å². The molecule has 14 heavy (non-hydrogen) atoms. The van der Waals surface area contributed by atoms with Gasteiger partial charge in [0.2, 0.25) is 0 Å². The zero-order chi connectivity index (χ0) is 10.7. The van der Waals surface area contributed by atoms with Crippen molar-refractivity contribution in [2.75, 3.05) is 0 Å². The van der Waals surface area contributed by atoms with Gasteiger partial charge in [-0.05, 0) is 30.6 Å². The van der Waals surface area contributed by atoms with E-state index in [-0.39, 0.29) is 0 Å². The Morgan fingerprint density at radius 3 is 2.64 bits per heavy atom. The smallest absolute Gasteiger partial charge is 0.0229 e. The molecule has 0 radical (unpaired) electrons. The molecule has 1 heteroatoms. The molecule has 0 aliphatic heterocycles. The Morgan fingerprint density at radius 2 is 2.14 bits per heavy atom. The van der Waals surface area contributed by atoms with Crippen molar-refractivity contribution in [3.05, 3.63) is 11.6 Å². The van der Waals surface area contributed by atoms with E-state index in [1.54, 1.807) is 5.57 Å². The van der Waals surface area contributed by atoms with E-state index < -0.39 is 0 Å². The lowest BCUT2D eigenvalue weighted by Crippen LogP contribution is -2.27. The van der Waals surface area contributed by atoms with Gasteiger partial charge in [0.05, 0.1) is 0 Å². The molecule has 4 atom stereocenters. The second kappa shape index (κ2) is 4.97. The van der Waals surface area contributed by atoms with Crippen molar-refractivity contribution in [1.82, 2.24) is 0 Å². The van der Waals surface area contributed by atoms with Crippen LogP contribution in [-0.4, -0.2) is 6.04 Å². The largest absolute Gasteiger partial charge is 0.324 e. The van der Waals surface area contributed by atoms with Crippen molar-refractivity contribution in [1.29, 1.82) is 0 Å². The maximum absolute atomic E-state index is 6.02. The first-order chi connectivity index (χ1) is 6.54. The van der Waals surface area contributed by atoms with Crippen molar-refractivity contribution in [3.63, 3.8) is 0 Å². The first-order valence-corrected chi connectivity index (χ1v) is 6.00. The second-order valence-corrected chi connectivity index (χ2v) is 5.12. The Hall–Kier alpha value is -0.300. The fourth-order valence-corrected chi connectivity index (χ4v) is 2.42. The molecule has 0 fully saturated rings. The van der Waals surface area contributed by atoms with E-state index in [9.17, 15) is 0 Å². The van der Waals surface area contributed by atoms with Crippen LogP contribution in [0.2, 0.25) is 0 Å². The standard InChI is InChI=1S/C13H25N/c1-5-10(3)11(4)12-6-9(2)7-13(14)8-12/h8-11,13H,5-7,14H2,1-4H3. The minimum absolute atomic E-state index is 0.306. The lowest BCUT2D eigenvalue weighted by molar-refractivity contribution is 0.374. The maximum atomic E-state index is 6.02. The Balaban J connectivity index is 2.66. The van der Waals surface area contributed by atoms with Crippen molar-refractivity contribution in [3.8, 4) is 0 Å². The molecule has 0 aromatic rings. The molecule has 4 unspecified atom stereocenters. The van der Waals surface area contributed by atoms with Crippen LogP contribution >= 0.6 is 0 Å². The average molecular weight is 195 g/mol. The molecule has 0 saturated heterocycles. The Kier molecular flexibility index (Phi) is 4.18. The molecule has 0 saturated carbocycles. The van der Waals surface area contributed by atoms with Gasteiger partial charge in [-0.2, -0.15) is 0 Å². The van der Waals surface area contributed by atoms with Crippen molar-refractivity contribution >= 4 is 0 Å². The van der Waals surface area contributed by atoms with Crippen LogP contribution in [0.25, 0.3) is 0 Å². The predicted octanol–water partition coefficient (Wildman–Crippen LogP) is 3.35. The van der Waals surface area contributed by atoms with E-state index in [1.165, 1.54) is 12.8 Å². The van der Waals surface area contributed by atoms with Crippen LogP contribution in [0.5, 0.6) is 0 Å². The van der Waals surface area contributed by atoms with Gasteiger partial charge in [0.25, 0.3) is 0 Å². The van der Waals surface area contributed by atoms with E-state index in [1.807, 2.05) is 0 Å². The summed E-state index contributed by atoms with van der Waals surface area (Å²) in [5, 5.41) is 0. The van der Waals surface area contributed by atoms with Gasteiger partial charge in [0.15, 0.2) is 0 Å². The van der Waals surface area contributed by atoms with Gasteiger partial charge in [0.1, 0.15) is 0 Å². The second-order valence-electron chi connectivity index (χ2n) is 5.12. The first kappa shape index (κ1) is 11.8. The molecule has 1 nitrogen and oxygen atoms in total. The van der Waals surface area contributed by atoms with Crippen molar-refractivity contribution < 1.29 is 0 Å². The number of allylic oxidation sites excluding steroid dienone is 1. The van der Waals surface area contributed by atoms with Gasteiger partial charge < -0.3 is 5.73 Å². The van der Waals surface area contributed by atoms with Crippen LogP contribution in [0.15, 0.2) is 11.6 Å². The summed E-state index contributed by atoms with van der Waals surface area (Å²) in [7, 11) is 0. The van der Waals surface area contributed by atoms with Crippen LogP contribution in [0, 0.1) is 17.8 Å². The summed E-state index contributed by atoms with van der Waals surface area (Å²) in [4.78, 5) is 0. The number of hydrogen-bond acceptors (Lipinski definition) is 1. The summed E-state index contributed by atoms with van der Waals surface area (Å²) in [5.41, 5.74) is 7.62. The summed E-state index contributed by atoms with van der Waals surface area (Å²) >= 11 is 0. The molecule has 0 heterocycles. The van der Waals surface area contributed by atoms with Crippen LogP contribution in [0.3, 0.4) is 0 Å². The molecule has 82 valence electrons. The molecule has 1 aliphatic rings. The normalized spacial score (nSPS) is 32.2. The molecular formula is C13H25N. The number of rotatable bonds is 3. The highest BCUT2D eigenvalue weighted by molar-refractivity contribution is 5.14. The van der Waals surface area contributed by atoms with Crippen LogP contribution in [-0.2, 0) is 0 Å². The highest BCUT2D eigenvalue weighted by atomic mass is 14.6. The first-order valence-electron chi connectivity index (χ1n) is 6.00. The fraction of sp³-hybridized carbons (Fsp3) is 0.846. The third-order valence-electron chi connectivity index (χ3n) is 3.77. The number of nitrogens with two attached hydrogens (primary N) is 1. The van der Waals surface area contributed by atoms with Crippen LogP contribution in [0.1, 0.15) is 47.0 Å². The summed E-state index contributed by atoms with van der Waals surface area (Å²) in [6.07, 6.45) is 6.01. The van der Waals surface area contributed by atoms with Gasteiger partial charge in [-0.15, -0.1) is 0 Å². The molecule has 0 spiro atoms. The van der Waals surface area contributed by atoms with Gasteiger partial charge in [0, 0.05) is 6.04 Å². The summed E-state index contributed by atoms with van der Waals surface area (Å²) in [6, 6.07) is 0.306. The van der Waals surface area contributed by atoms with E-state index >= 15 is 0 Å². The zero-order valence-electron chi connectivity index (χ0n) is 10.1. The quantitative estimate of drug-likeness (QED) is 0.687. The molecule has 0 bridgehead atoms. The molecular weight excluding hydrogens is 170 g/mol. The van der Waals surface area contributed by atoms with E-state index in [0.717, 1.165) is 18.3 Å². The topological polar surface area (TPSA) is 26.0 Å². The third-order valence-corrected chi connectivity index (χ3v) is 3.77. The molecule has 0 aromatic carbocycles. The monoisotopic (exact) mass is 195 g/mol. The maximum Gasteiger partial charge on any atom is 0.0229 e. The Bertz CT molecular complexity index is 207. The van der Waals surface area contributed by atoms with E-state index in [2.05, 4.69) is 33.8 Å². The molecule has 0 aromatic heterocycles. The predicted molar refractivity (Wildman–Crippen MR) is 63.1 cm³/mol. The SMILES string of the molecule is CCC(C)C(C)C1=CC(N)CC(C)C1. The lowest BCUT2D eigenvalue weighted by atomic mass is 9.77. The van der Waals surface area contributed by atoms with Gasteiger partial charge in [-0.3, -0.25) is 0 Å². The van der Waals surface area contributed by atoms with Crippen molar-refractivity contribution in [2.24, 2.45) is 23.5 Å². The fourth-order valence-electron chi connectivity index (χ4n) is 2.42. The zero-order valence-corrected chi connectivity index (χ0v) is 10.1. The van der Waals surface area contributed by atoms with Crippen LogP contribution in [0.4, 0.5) is 0 Å².